The quantitative estimate of drug-likeness (QED) is 0.704. The summed E-state index contributed by atoms with van der Waals surface area (Å²) in [6, 6.07) is 0. The third kappa shape index (κ3) is 5.92. The molecule has 0 aromatic rings. The van der Waals surface area contributed by atoms with Gasteiger partial charge in [0, 0.05) is 25.6 Å². The largest absolute Gasteiger partial charge is 0.401 e. The first-order valence-electron chi connectivity index (χ1n) is 5.48. The zero-order chi connectivity index (χ0) is 12.0. The van der Waals surface area contributed by atoms with Gasteiger partial charge in [-0.2, -0.15) is 13.2 Å². The summed E-state index contributed by atoms with van der Waals surface area (Å²) in [7, 11) is 0. The van der Waals surface area contributed by atoms with Crippen LogP contribution in [0.2, 0.25) is 0 Å². The highest BCUT2D eigenvalue weighted by Gasteiger charge is 2.31. The van der Waals surface area contributed by atoms with Gasteiger partial charge in [0.2, 0.25) is 0 Å². The van der Waals surface area contributed by atoms with Gasteiger partial charge in [0.15, 0.2) is 0 Å². The zero-order valence-electron chi connectivity index (χ0n) is 9.10. The van der Waals surface area contributed by atoms with Gasteiger partial charge in [0.1, 0.15) is 0 Å². The summed E-state index contributed by atoms with van der Waals surface area (Å²) in [5.74, 6) is 0.211. The van der Waals surface area contributed by atoms with Crippen molar-refractivity contribution in [2.45, 2.75) is 31.5 Å². The van der Waals surface area contributed by atoms with E-state index in [9.17, 15) is 13.2 Å². The minimum Gasteiger partial charge on any atom is -0.377 e. The molecule has 1 saturated heterocycles. The average Bonchev–Trinajstić information content (AvgIpc) is 2.17. The number of alkyl halides is 4. The molecule has 0 aromatic heterocycles. The highest BCUT2D eigenvalue weighted by molar-refractivity contribution is 6.18. The van der Waals surface area contributed by atoms with E-state index in [1.807, 2.05) is 0 Å². The van der Waals surface area contributed by atoms with Gasteiger partial charge in [-0.05, 0) is 19.3 Å². The van der Waals surface area contributed by atoms with Crippen molar-refractivity contribution in [3.63, 3.8) is 0 Å². The summed E-state index contributed by atoms with van der Waals surface area (Å²) in [4.78, 5) is 1.32. The van der Waals surface area contributed by atoms with Crippen LogP contribution < -0.4 is 0 Å². The Morgan fingerprint density at radius 2 is 2.06 bits per heavy atom. The molecule has 0 radical (unpaired) electrons. The highest BCUT2D eigenvalue weighted by atomic mass is 35.5. The van der Waals surface area contributed by atoms with E-state index in [2.05, 4.69) is 0 Å². The topological polar surface area (TPSA) is 12.5 Å². The number of halogens is 4. The maximum absolute atomic E-state index is 12.3. The monoisotopic (exact) mass is 259 g/mol. The number of hydrogen-bond acceptors (Lipinski definition) is 2. The molecule has 1 unspecified atom stereocenters. The van der Waals surface area contributed by atoms with E-state index in [1.54, 1.807) is 0 Å². The number of ether oxygens (including phenoxy) is 1. The molecule has 0 aliphatic carbocycles. The molecule has 0 N–H and O–H groups in total. The summed E-state index contributed by atoms with van der Waals surface area (Å²) in [5, 5.41) is 0. The molecule has 0 amide bonds. The Morgan fingerprint density at radius 1 is 1.31 bits per heavy atom. The molecule has 6 heteroatoms. The first-order valence-corrected chi connectivity index (χ1v) is 6.01. The van der Waals surface area contributed by atoms with E-state index in [-0.39, 0.29) is 18.5 Å². The van der Waals surface area contributed by atoms with E-state index >= 15 is 0 Å². The minimum atomic E-state index is -4.17. The Hall–Kier alpha value is -0.0000000000000000208. The van der Waals surface area contributed by atoms with Crippen molar-refractivity contribution in [3.8, 4) is 0 Å². The van der Waals surface area contributed by atoms with Gasteiger partial charge >= 0.3 is 6.18 Å². The fourth-order valence-corrected chi connectivity index (χ4v) is 2.09. The lowest BCUT2D eigenvalue weighted by Gasteiger charge is -2.29. The van der Waals surface area contributed by atoms with Crippen LogP contribution in [0, 0.1) is 0 Å². The van der Waals surface area contributed by atoms with Gasteiger partial charge in [0.25, 0.3) is 0 Å². The predicted octanol–water partition coefficient (Wildman–Crippen LogP) is 2.66. The molecule has 1 aliphatic heterocycles. The van der Waals surface area contributed by atoms with Gasteiger partial charge < -0.3 is 4.74 Å². The van der Waals surface area contributed by atoms with Crippen molar-refractivity contribution in [2.75, 3.05) is 32.1 Å². The lowest BCUT2D eigenvalue weighted by atomic mass is 10.1. The molecule has 16 heavy (non-hydrogen) atoms. The second kappa shape index (κ2) is 6.67. The third-order valence-electron chi connectivity index (χ3n) is 2.54. The first kappa shape index (κ1) is 14.1. The van der Waals surface area contributed by atoms with Crippen LogP contribution in [0.4, 0.5) is 13.2 Å². The van der Waals surface area contributed by atoms with Crippen LogP contribution in [0.15, 0.2) is 0 Å². The third-order valence-corrected chi connectivity index (χ3v) is 2.71. The van der Waals surface area contributed by atoms with E-state index in [0.717, 1.165) is 19.3 Å². The molecule has 0 spiro atoms. The maximum atomic E-state index is 12.3. The molecule has 96 valence electrons. The molecule has 1 rings (SSSR count). The Kier molecular flexibility index (Phi) is 5.86. The summed E-state index contributed by atoms with van der Waals surface area (Å²) < 4.78 is 42.2. The van der Waals surface area contributed by atoms with Crippen molar-refractivity contribution in [1.82, 2.24) is 4.90 Å². The second-order valence-electron chi connectivity index (χ2n) is 4.03. The highest BCUT2D eigenvalue weighted by Crippen LogP contribution is 2.19. The van der Waals surface area contributed by atoms with Crippen LogP contribution in [0.1, 0.15) is 19.3 Å². The first-order chi connectivity index (χ1) is 7.51. The van der Waals surface area contributed by atoms with E-state index < -0.39 is 12.7 Å². The zero-order valence-corrected chi connectivity index (χ0v) is 9.86. The van der Waals surface area contributed by atoms with E-state index in [1.165, 1.54) is 4.90 Å². The maximum Gasteiger partial charge on any atom is 0.401 e. The summed E-state index contributed by atoms with van der Waals surface area (Å²) in [6.07, 6.45) is -1.35. The average molecular weight is 260 g/mol. The van der Waals surface area contributed by atoms with Crippen LogP contribution in [0.3, 0.4) is 0 Å². The molecule has 0 bridgehead atoms. The molecule has 1 aliphatic rings. The van der Waals surface area contributed by atoms with Crippen molar-refractivity contribution in [3.05, 3.63) is 0 Å². The lowest BCUT2D eigenvalue weighted by Crippen LogP contribution is -2.42. The molecular formula is C10H17ClF3NO. The van der Waals surface area contributed by atoms with Gasteiger partial charge in [-0.3, -0.25) is 4.90 Å². The number of rotatable bonds is 5. The molecule has 1 fully saturated rings. The normalized spacial score (nSPS) is 22.7. The van der Waals surface area contributed by atoms with Crippen LogP contribution in [0.5, 0.6) is 0 Å². The van der Waals surface area contributed by atoms with Crippen molar-refractivity contribution < 1.29 is 17.9 Å². The standard InChI is InChI=1S/C10H17ClF3NO/c11-4-5-15(8-10(12,13)14)7-9-3-1-2-6-16-9/h9H,1-8H2. The molecule has 0 saturated carbocycles. The Bertz CT molecular complexity index is 195. The van der Waals surface area contributed by atoms with Crippen molar-refractivity contribution in [1.29, 1.82) is 0 Å². The molecular weight excluding hydrogens is 243 g/mol. The van der Waals surface area contributed by atoms with Crippen molar-refractivity contribution >= 4 is 11.6 Å². The summed E-state index contributed by atoms with van der Waals surface area (Å²) in [5.41, 5.74) is 0. The Morgan fingerprint density at radius 3 is 2.56 bits per heavy atom. The fraction of sp³-hybridized carbons (Fsp3) is 1.00. The minimum absolute atomic E-state index is 0.0701. The molecule has 1 atom stereocenters. The Balaban J connectivity index is 2.36. The summed E-state index contributed by atoms with van der Waals surface area (Å²) >= 11 is 5.49. The fourth-order valence-electron chi connectivity index (χ4n) is 1.85. The molecule has 2 nitrogen and oxygen atoms in total. The predicted molar refractivity (Wildman–Crippen MR) is 56.8 cm³/mol. The van der Waals surface area contributed by atoms with E-state index in [4.69, 9.17) is 16.3 Å². The van der Waals surface area contributed by atoms with Crippen molar-refractivity contribution in [2.24, 2.45) is 0 Å². The SMILES string of the molecule is FC(F)(F)CN(CCCl)CC1CCCCO1. The van der Waals surface area contributed by atoms with Crippen LogP contribution >= 0.6 is 11.6 Å². The van der Waals surface area contributed by atoms with Gasteiger partial charge in [-0.25, -0.2) is 0 Å². The van der Waals surface area contributed by atoms with Crippen LogP contribution in [0.25, 0.3) is 0 Å². The van der Waals surface area contributed by atoms with Gasteiger partial charge in [-0.15, -0.1) is 11.6 Å². The van der Waals surface area contributed by atoms with Crippen LogP contribution in [-0.4, -0.2) is 49.3 Å². The van der Waals surface area contributed by atoms with Gasteiger partial charge in [0.05, 0.1) is 12.6 Å². The van der Waals surface area contributed by atoms with Gasteiger partial charge in [-0.1, -0.05) is 0 Å². The molecule has 1 heterocycles. The number of hydrogen-bond donors (Lipinski definition) is 0. The Labute approximate surface area is 98.7 Å². The molecule has 0 aromatic carbocycles. The summed E-state index contributed by atoms with van der Waals surface area (Å²) in [6.45, 7) is 0.331. The number of nitrogens with zero attached hydrogens (tertiary/aromatic N) is 1. The lowest BCUT2D eigenvalue weighted by molar-refractivity contribution is -0.150. The smallest absolute Gasteiger partial charge is 0.377 e. The van der Waals surface area contributed by atoms with Crippen LogP contribution in [-0.2, 0) is 4.74 Å². The van der Waals surface area contributed by atoms with E-state index in [0.29, 0.717) is 13.2 Å². The second-order valence-corrected chi connectivity index (χ2v) is 4.41.